The molecule has 2 aromatic heterocycles. The van der Waals surface area contributed by atoms with Crippen LogP contribution < -0.4 is 10.5 Å². The number of nitrogens with one attached hydrogen (secondary N) is 1. The molecule has 1 atom stereocenters. The fourth-order valence-corrected chi connectivity index (χ4v) is 2.58. The predicted octanol–water partition coefficient (Wildman–Crippen LogP) is 1.61. The number of pyridine rings is 1. The number of nitrogens with zero attached hydrogens (tertiary/aromatic N) is 3. The van der Waals surface area contributed by atoms with Gasteiger partial charge in [0, 0.05) is 25.5 Å². The standard InChI is InChI=1S/C14H15ClN4O2/c15-13-12(7-17-18-14(13)20)19-6-3-11(8-19)21-9-10-1-4-16-5-2-10/h1-2,4-5,7,11H,3,6,8-9H2,(H,18,20)/t11-/m0/s1. The number of hydrogen-bond acceptors (Lipinski definition) is 5. The quantitative estimate of drug-likeness (QED) is 0.929. The summed E-state index contributed by atoms with van der Waals surface area (Å²) in [5.41, 5.74) is 1.39. The van der Waals surface area contributed by atoms with Crippen molar-refractivity contribution in [2.24, 2.45) is 0 Å². The molecule has 0 aliphatic carbocycles. The molecule has 0 aromatic carbocycles. The molecule has 21 heavy (non-hydrogen) atoms. The van der Waals surface area contributed by atoms with Crippen molar-refractivity contribution < 1.29 is 4.74 Å². The molecule has 7 heteroatoms. The van der Waals surface area contributed by atoms with Gasteiger partial charge in [-0.15, -0.1) is 0 Å². The summed E-state index contributed by atoms with van der Waals surface area (Å²) >= 11 is 6.02. The summed E-state index contributed by atoms with van der Waals surface area (Å²) in [6.07, 6.45) is 6.10. The number of hydrogen-bond donors (Lipinski definition) is 1. The highest BCUT2D eigenvalue weighted by Gasteiger charge is 2.25. The van der Waals surface area contributed by atoms with E-state index in [9.17, 15) is 4.79 Å². The third-order valence-corrected chi connectivity index (χ3v) is 3.86. The fourth-order valence-electron chi connectivity index (χ4n) is 2.37. The van der Waals surface area contributed by atoms with Crippen LogP contribution in [-0.2, 0) is 11.3 Å². The third kappa shape index (κ3) is 3.22. The monoisotopic (exact) mass is 306 g/mol. The first-order chi connectivity index (χ1) is 10.2. The van der Waals surface area contributed by atoms with Crippen molar-refractivity contribution in [2.75, 3.05) is 18.0 Å². The molecule has 1 N–H and O–H groups in total. The molecule has 110 valence electrons. The highest BCUT2D eigenvalue weighted by atomic mass is 35.5. The normalized spacial score (nSPS) is 18.1. The van der Waals surface area contributed by atoms with Gasteiger partial charge in [0.05, 0.1) is 24.6 Å². The second-order valence-corrected chi connectivity index (χ2v) is 5.30. The largest absolute Gasteiger partial charge is 0.372 e. The molecule has 0 radical (unpaired) electrons. The van der Waals surface area contributed by atoms with Gasteiger partial charge in [0.25, 0.3) is 5.56 Å². The average Bonchev–Trinajstić information content (AvgIpc) is 2.98. The van der Waals surface area contributed by atoms with E-state index in [2.05, 4.69) is 15.2 Å². The maximum atomic E-state index is 11.5. The summed E-state index contributed by atoms with van der Waals surface area (Å²) in [5, 5.41) is 6.30. The van der Waals surface area contributed by atoms with Crippen molar-refractivity contribution in [1.82, 2.24) is 15.2 Å². The third-order valence-electron chi connectivity index (χ3n) is 3.50. The Kier molecular flexibility index (Phi) is 4.17. The van der Waals surface area contributed by atoms with Crippen molar-refractivity contribution in [1.29, 1.82) is 0 Å². The summed E-state index contributed by atoms with van der Waals surface area (Å²) in [6.45, 7) is 2.06. The zero-order chi connectivity index (χ0) is 14.7. The first-order valence-corrected chi connectivity index (χ1v) is 7.10. The van der Waals surface area contributed by atoms with Gasteiger partial charge in [-0.3, -0.25) is 9.78 Å². The van der Waals surface area contributed by atoms with Crippen molar-refractivity contribution in [3.05, 3.63) is 51.7 Å². The Balaban J connectivity index is 1.61. The molecule has 1 fully saturated rings. The van der Waals surface area contributed by atoms with Crippen LogP contribution in [0.1, 0.15) is 12.0 Å². The highest BCUT2D eigenvalue weighted by Crippen LogP contribution is 2.26. The minimum Gasteiger partial charge on any atom is -0.372 e. The van der Waals surface area contributed by atoms with Gasteiger partial charge >= 0.3 is 0 Å². The van der Waals surface area contributed by atoms with Crippen LogP contribution >= 0.6 is 11.6 Å². The lowest BCUT2D eigenvalue weighted by Crippen LogP contribution is -2.25. The smallest absolute Gasteiger partial charge is 0.285 e. The van der Waals surface area contributed by atoms with Crippen LogP contribution in [0.2, 0.25) is 5.02 Å². The topological polar surface area (TPSA) is 71.1 Å². The van der Waals surface area contributed by atoms with E-state index in [0.29, 0.717) is 18.8 Å². The number of ether oxygens (including phenoxy) is 1. The highest BCUT2D eigenvalue weighted by molar-refractivity contribution is 6.33. The van der Waals surface area contributed by atoms with Gasteiger partial charge < -0.3 is 9.64 Å². The SMILES string of the molecule is O=c1[nH]ncc(N2CC[C@H](OCc3ccncc3)C2)c1Cl. The first-order valence-electron chi connectivity index (χ1n) is 6.72. The van der Waals surface area contributed by atoms with E-state index in [4.69, 9.17) is 16.3 Å². The van der Waals surface area contributed by atoms with Crippen LogP contribution in [0.5, 0.6) is 0 Å². The van der Waals surface area contributed by atoms with Crippen molar-refractivity contribution in [2.45, 2.75) is 19.1 Å². The van der Waals surface area contributed by atoms with E-state index < -0.39 is 0 Å². The van der Waals surface area contributed by atoms with Gasteiger partial charge in [-0.1, -0.05) is 11.6 Å². The zero-order valence-electron chi connectivity index (χ0n) is 11.3. The Morgan fingerprint density at radius 1 is 1.43 bits per heavy atom. The van der Waals surface area contributed by atoms with E-state index in [0.717, 1.165) is 18.5 Å². The molecule has 0 unspecified atom stereocenters. The minimum atomic E-state index is -0.365. The van der Waals surface area contributed by atoms with Crippen LogP contribution in [0.25, 0.3) is 0 Å². The van der Waals surface area contributed by atoms with Gasteiger partial charge in [-0.05, 0) is 24.1 Å². The molecule has 1 aliphatic heterocycles. The number of rotatable bonds is 4. The maximum Gasteiger partial charge on any atom is 0.285 e. The zero-order valence-corrected chi connectivity index (χ0v) is 12.1. The second-order valence-electron chi connectivity index (χ2n) is 4.92. The van der Waals surface area contributed by atoms with Gasteiger partial charge in [-0.25, -0.2) is 5.10 Å². The Labute approximate surface area is 126 Å². The molecular formula is C14H15ClN4O2. The molecule has 1 saturated heterocycles. The first kappa shape index (κ1) is 14.0. The number of H-pyrrole nitrogens is 1. The van der Waals surface area contributed by atoms with E-state index in [1.54, 1.807) is 18.6 Å². The van der Waals surface area contributed by atoms with E-state index in [1.165, 1.54) is 0 Å². The number of aromatic amines is 1. The van der Waals surface area contributed by atoms with Gasteiger partial charge in [-0.2, -0.15) is 5.10 Å². The summed E-state index contributed by atoms with van der Waals surface area (Å²) < 4.78 is 5.89. The molecule has 0 amide bonds. The van der Waals surface area contributed by atoms with E-state index in [-0.39, 0.29) is 16.7 Å². The average molecular weight is 307 g/mol. The Morgan fingerprint density at radius 3 is 3.05 bits per heavy atom. The lowest BCUT2D eigenvalue weighted by Gasteiger charge is -2.18. The van der Waals surface area contributed by atoms with Crippen LogP contribution in [-0.4, -0.2) is 34.4 Å². The van der Waals surface area contributed by atoms with Crippen LogP contribution in [0.4, 0.5) is 5.69 Å². The summed E-state index contributed by atoms with van der Waals surface area (Å²) in [7, 11) is 0. The van der Waals surface area contributed by atoms with E-state index >= 15 is 0 Å². The molecule has 0 saturated carbocycles. The van der Waals surface area contributed by atoms with Crippen LogP contribution in [0.3, 0.4) is 0 Å². The van der Waals surface area contributed by atoms with Gasteiger partial charge in [0.2, 0.25) is 0 Å². The summed E-state index contributed by atoms with van der Waals surface area (Å²) in [6, 6.07) is 3.87. The molecular weight excluding hydrogens is 292 g/mol. The van der Waals surface area contributed by atoms with Gasteiger partial charge in [0.15, 0.2) is 0 Å². The van der Waals surface area contributed by atoms with E-state index in [1.807, 2.05) is 17.0 Å². The molecule has 6 nitrogen and oxygen atoms in total. The molecule has 1 aliphatic rings. The molecule has 0 bridgehead atoms. The molecule has 2 aromatic rings. The summed E-state index contributed by atoms with van der Waals surface area (Å²) in [5.74, 6) is 0. The number of anilines is 1. The second kappa shape index (κ2) is 6.24. The lowest BCUT2D eigenvalue weighted by molar-refractivity contribution is 0.0553. The Morgan fingerprint density at radius 2 is 2.24 bits per heavy atom. The van der Waals surface area contributed by atoms with Crippen LogP contribution in [0, 0.1) is 0 Å². The fraction of sp³-hybridized carbons (Fsp3) is 0.357. The predicted molar refractivity (Wildman–Crippen MR) is 79.5 cm³/mol. The van der Waals surface area contributed by atoms with Crippen molar-refractivity contribution in [3.8, 4) is 0 Å². The Bertz CT molecular complexity index is 662. The lowest BCUT2D eigenvalue weighted by atomic mass is 10.3. The van der Waals surface area contributed by atoms with Gasteiger partial charge in [0.1, 0.15) is 5.02 Å². The van der Waals surface area contributed by atoms with Crippen molar-refractivity contribution in [3.63, 3.8) is 0 Å². The van der Waals surface area contributed by atoms with Crippen molar-refractivity contribution >= 4 is 17.3 Å². The maximum absolute atomic E-state index is 11.5. The minimum absolute atomic E-state index is 0.119. The number of halogens is 1. The summed E-state index contributed by atoms with van der Waals surface area (Å²) in [4.78, 5) is 17.5. The molecule has 3 rings (SSSR count). The number of aromatic nitrogens is 3. The Hall–Kier alpha value is -1.92. The molecule has 3 heterocycles. The van der Waals surface area contributed by atoms with Crippen LogP contribution in [0.15, 0.2) is 35.5 Å². The molecule has 0 spiro atoms.